The Balaban J connectivity index is 2.68. The molecule has 0 radical (unpaired) electrons. The molecule has 0 unspecified atom stereocenters. The van der Waals surface area contributed by atoms with E-state index in [9.17, 15) is 9.18 Å². The lowest BCUT2D eigenvalue weighted by atomic mass is 10.1. The smallest absolute Gasteiger partial charge is 0.336 e. The molecule has 0 fully saturated rings. The second-order valence-electron chi connectivity index (χ2n) is 4.43. The van der Waals surface area contributed by atoms with Gasteiger partial charge in [0.25, 0.3) is 0 Å². The number of ether oxygens (including phenoxy) is 1. The van der Waals surface area contributed by atoms with Crippen LogP contribution in [0.1, 0.15) is 37.0 Å². The number of carboxylic acids is 1. The SMILES string of the molecule is CC(C)CCCOc1ccc(C(=O)O)c(Br)c1F. The van der Waals surface area contributed by atoms with E-state index >= 15 is 0 Å². The minimum atomic E-state index is -1.17. The molecule has 0 heterocycles. The fraction of sp³-hybridized carbons (Fsp3) is 0.462. The summed E-state index contributed by atoms with van der Waals surface area (Å²) in [5.41, 5.74) is -0.109. The maximum Gasteiger partial charge on any atom is 0.336 e. The molecule has 1 aromatic carbocycles. The van der Waals surface area contributed by atoms with E-state index in [0.29, 0.717) is 12.5 Å². The third kappa shape index (κ3) is 3.98. The monoisotopic (exact) mass is 318 g/mol. The van der Waals surface area contributed by atoms with E-state index < -0.39 is 11.8 Å². The van der Waals surface area contributed by atoms with Crippen molar-refractivity contribution in [1.82, 2.24) is 0 Å². The zero-order chi connectivity index (χ0) is 13.7. The minimum Gasteiger partial charge on any atom is -0.490 e. The molecule has 0 aliphatic heterocycles. The van der Waals surface area contributed by atoms with Crippen LogP contribution < -0.4 is 4.74 Å². The van der Waals surface area contributed by atoms with Crippen molar-refractivity contribution in [2.45, 2.75) is 26.7 Å². The van der Waals surface area contributed by atoms with Crippen molar-refractivity contribution in [2.24, 2.45) is 5.92 Å². The van der Waals surface area contributed by atoms with Crippen LogP contribution >= 0.6 is 15.9 Å². The van der Waals surface area contributed by atoms with Gasteiger partial charge in [0.1, 0.15) is 0 Å². The average molecular weight is 319 g/mol. The summed E-state index contributed by atoms with van der Waals surface area (Å²) in [7, 11) is 0. The van der Waals surface area contributed by atoms with Crippen LogP contribution in [0.5, 0.6) is 5.75 Å². The summed E-state index contributed by atoms with van der Waals surface area (Å²) in [5.74, 6) is -1.18. The fourth-order valence-electron chi connectivity index (χ4n) is 1.48. The van der Waals surface area contributed by atoms with Gasteiger partial charge in [0, 0.05) is 0 Å². The first kappa shape index (κ1) is 15.0. The Labute approximate surface area is 114 Å². The van der Waals surface area contributed by atoms with Gasteiger partial charge in [0.05, 0.1) is 16.6 Å². The van der Waals surface area contributed by atoms with Crippen LogP contribution in [0.4, 0.5) is 4.39 Å². The Morgan fingerprint density at radius 2 is 2.17 bits per heavy atom. The largest absolute Gasteiger partial charge is 0.490 e. The second-order valence-corrected chi connectivity index (χ2v) is 5.22. The van der Waals surface area contributed by atoms with E-state index in [1.54, 1.807) is 0 Å². The summed E-state index contributed by atoms with van der Waals surface area (Å²) in [4.78, 5) is 10.8. The third-order valence-corrected chi connectivity index (χ3v) is 3.24. The number of benzene rings is 1. The van der Waals surface area contributed by atoms with Gasteiger partial charge in [0.2, 0.25) is 0 Å². The number of halogens is 2. The van der Waals surface area contributed by atoms with Gasteiger partial charge in [-0.05, 0) is 46.8 Å². The van der Waals surface area contributed by atoms with E-state index in [2.05, 4.69) is 29.8 Å². The summed E-state index contributed by atoms with van der Waals surface area (Å²) in [6.07, 6.45) is 1.85. The predicted molar refractivity (Wildman–Crippen MR) is 70.6 cm³/mol. The molecule has 100 valence electrons. The fourth-order valence-corrected chi connectivity index (χ4v) is 1.98. The average Bonchev–Trinajstić information content (AvgIpc) is 2.29. The van der Waals surface area contributed by atoms with Gasteiger partial charge in [-0.2, -0.15) is 0 Å². The zero-order valence-electron chi connectivity index (χ0n) is 10.4. The summed E-state index contributed by atoms with van der Waals surface area (Å²) in [6.45, 7) is 4.64. The van der Waals surface area contributed by atoms with Crippen LogP contribution in [0, 0.1) is 11.7 Å². The standard InChI is InChI=1S/C13H16BrFO3/c1-8(2)4-3-7-18-10-6-5-9(13(16)17)11(14)12(10)15/h5-6,8H,3-4,7H2,1-2H3,(H,16,17). The van der Waals surface area contributed by atoms with E-state index in [1.165, 1.54) is 12.1 Å². The van der Waals surface area contributed by atoms with E-state index in [1.807, 2.05) is 0 Å². The Hall–Kier alpha value is -1.10. The van der Waals surface area contributed by atoms with Gasteiger partial charge >= 0.3 is 5.97 Å². The highest BCUT2D eigenvalue weighted by atomic mass is 79.9. The van der Waals surface area contributed by atoms with Crippen LogP contribution in [0.25, 0.3) is 0 Å². The molecule has 0 aliphatic carbocycles. The maximum atomic E-state index is 13.8. The topological polar surface area (TPSA) is 46.5 Å². The van der Waals surface area contributed by atoms with Crippen molar-refractivity contribution >= 4 is 21.9 Å². The van der Waals surface area contributed by atoms with Crippen LogP contribution in [0.2, 0.25) is 0 Å². The van der Waals surface area contributed by atoms with Gasteiger partial charge in [-0.25, -0.2) is 9.18 Å². The van der Waals surface area contributed by atoms with Gasteiger partial charge < -0.3 is 9.84 Å². The van der Waals surface area contributed by atoms with Crippen molar-refractivity contribution in [3.05, 3.63) is 28.0 Å². The molecule has 1 aromatic rings. The molecule has 0 aliphatic rings. The molecule has 5 heteroatoms. The lowest BCUT2D eigenvalue weighted by molar-refractivity contribution is 0.0695. The molecule has 1 rings (SSSR count). The van der Waals surface area contributed by atoms with Crippen molar-refractivity contribution in [2.75, 3.05) is 6.61 Å². The molecule has 18 heavy (non-hydrogen) atoms. The lowest BCUT2D eigenvalue weighted by Crippen LogP contribution is -2.04. The molecule has 3 nitrogen and oxygen atoms in total. The van der Waals surface area contributed by atoms with Crippen molar-refractivity contribution in [1.29, 1.82) is 0 Å². The van der Waals surface area contributed by atoms with Gasteiger partial charge in [-0.1, -0.05) is 13.8 Å². The normalized spacial score (nSPS) is 10.7. The Kier molecular flexibility index (Phi) is 5.59. The van der Waals surface area contributed by atoms with Crippen LogP contribution in [0.15, 0.2) is 16.6 Å². The molecule has 1 N–H and O–H groups in total. The summed E-state index contributed by atoms with van der Waals surface area (Å²) >= 11 is 2.93. The highest BCUT2D eigenvalue weighted by Gasteiger charge is 2.16. The predicted octanol–water partition coefficient (Wildman–Crippen LogP) is 4.10. The van der Waals surface area contributed by atoms with Crippen molar-refractivity contribution < 1.29 is 19.0 Å². The number of hydrogen-bond acceptors (Lipinski definition) is 2. The summed E-state index contributed by atoms with van der Waals surface area (Å²) in [5, 5.41) is 8.82. The van der Waals surface area contributed by atoms with E-state index in [-0.39, 0.29) is 15.8 Å². The number of hydrogen-bond donors (Lipinski definition) is 1. The van der Waals surface area contributed by atoms with Crippen molar-refractivity contribution in [3.63, 3.8) is 0 Å². The minimum absolute atomic E-state index is 0.0728. The number of carbonyl (C=O) groups is 1. The third-order valence-electron chi connectivity index (χ3n) is 2.46. The molecule has 0 spiro atoms. The number of rotatable bonds is 6. The molecular formula is C13H16BrFO3. The Morgan fingerprint density at radius 1 is 1.50 bits per heavy atom. The van der Waals surface area contributed by atoms with Crippen molar-refractivity contribution in [3.8, 4) is 5.75 Å². The van der Waals surface area contributed by atoms with Crippen LogP contribution in [-0.2, 0) is 0 Å². The summed E-state index contributed by atoms with van der Waals surface area (Å²) < 4.78 is 19.0. The van der Waals surface area contributed by atoms with Gasteiger partial charge in [0.15, 0.2) is 11.6 Å². The highest BCUT2D eigenvalue weighted by molar-refractivity contribution is 9.10. The number of carboxylic acid groups (broad SMARTS) is 1. The molecule has 0 saturated carbocycles. The highest BCUT2D eigenvalue weighted by Crippen LogP contribution is 2.28. The quantitative estimate of drug-likeness (QED) is 0.803. The lowest BCUT2D eigenvalue weighted by Gasteiger charge is -2.10. The van der Waals surface area contributed by atoms with Gasteiger partial charge in [-0.15, -0.1) is 0 Å². The van der Waals surface area contributed by atoms with Crippen LogP contribution in [0.3, 0.4) is 0 Å². The van der Waals surface area contributed by atoms with Crippen LogP contribution in [-0.4, -0.2) is 17.7 Å². The number of aromatic carboxylic acids is 1. The molecule has 0 amide bonds. The molecule has 0 saturated heterocycles. The van der Waals surface area contributed by atoms with E-state index in [0.717, 1.165) is 12.8 Å². The Morgan fingerprint density at radius 3 is 2.72 bits per heavy atom. The second kappa shape index (κ2) is 6.73. The maximum absolute atomic E-state index is 13.8. The molecule has 0 aromatic heterocycles. The molecule has 0 atom stereocenters. The molecular weight excluding hydrogens is 303 g/mol. The molecule has 0 bridgehead atoms. The summed E-state index contributed by atoms with van der Waals surface area (Å²) in [6, 6.07) is 2.67. The first-order valence-electron chi connectivity index (χ1n) is 5.77. The first-order valence-corrected chi connectivity index (χ1v) is 6.57. The van der Waals surface area contributed by atoms with E-state index in [4.69, 9.17) is 9.84 Å². The zero-order valence-corrected chi connectivity index (χ0v) is 12.0. The Bertz CT molecular complexity index is 432. The van der Waals surface area contributed by atoms with Gasteiger partial charge in [-0.3, -0.25) is 0 Å². The first-order chi connectivity index (χ1) is 8.43.